The van der Waals surface area contributed by atoms with Gasteiger partial charge in [-0.25, -0.2) is 0 Å². The molecule has 0 spiro atoms. The van der Waals surface area contributed by atoms with Crippen LogP contribution in [0.15, 0.2) is 18.2 Å². The van der Waals surface area contributed by atoms with Crippen molar-refractivity contribution in [2.24, 2.45) is 5.92 Å². The number of aliphatic hydroxyl groups excluding tert-OH is 1. The number of carbonyl (C=O) groups is 1. The first-order chi connectivity index (χ1) is 9.12. The summed E-state index contributed by atoms with van der Waals surface area (Å²) < 4.78 is 4.96. The van der Waals surface area contributed by atoms with E-state index in [1.165, 1.54) is 19.2 Å². The van der Waals surface area contributed by atoms with E-state index in [4.69, 9.17) is 9.84 Å². The largest absolute Gasteiger partial charge is 0.507 e. The zero-order valence-corrected chi connectivity index (χ0v) is 11.3. The van der Waals surface area contributed by atoms with E-state index in [-0.39, 0.29) is 29.7 Å². The first kappa shape index (κ1) is 15.3. The first-order valence-electron chi connectivity index (χ1n) is 6.38. The van der Waals surface area contributed by atoms with Crippen LogP contribution >= 0.6 is 0 Å². The van der Waals surface area contributed by atoms with E-state index in [0.29, 0.717) is 18.7 Å². The molecule has 1 atom stereocenters. The maximum atomic E-state index is 11.9. The third-order valence-electron chi connectivity index (χ3n) is 3.12. The molecule has 5 nitrogen and oxygen atoms in total. The maximum Gasteiger partial charge on any atom is 0.255 e. The lowest BCUT2D eigenvalue weighted by molar-refractivity contribution is 0.0941. The molecule has 0 aliphatic rings. The van der Waals surface area contributed by atoms with Crippen molar-refractivity contribution in [1.29, 1.82) is 0 Å². The Morgan fingerprint density at radius 2 is 2.21 bits per heavy atom. The van der Waals surface area contributed by atoms with Crippen molar-refractivity contribution in [3.63, 3.8) is 0 Å². The van der Waals surface area contributed by atoms with E-state index < -0.39 is 0 Å². The number of hydrogen-bond donors (Lipinski definition) is 3. The SMILES string of the molecule is CCC(CCO)CNC(=O)c1ccc(OC)cc1O. The molecule has 0 aliphatic heterocycles. The van der Waals surface area contributed by atoms with Gasteiger partial charge in [0.1, 0.15) is 11.5 Å². The zero-order valence-electron chi connectivity index (χ0n) is 11.3. The summed E-state index contributed by atoms with van der Waals surface area (Å²) in [6.07, 6.45) is 1.54. The van der Waals surface area contributed by atoms with E-state index in [1.54, 1.807) is 6.07 Å². The molecule has 0 heterocycles. The Morgan fingerprint density at radius 3 is 2.74 bits per heavy atom. The average Bonchev–Trinajstić information content (AvgIpc) is 2.42. The molecule has 1 rings (SSSR count). The molecule has 1 aromatic carbocycles. The van der Waals surface area contributed by atoms with E-state index in [1.807, 2.05) is 6.92 Å². The average molecular weight is 267 g/mol. The number of hydrogen-bond acceptors (Lipinski definition) is 4. The second-order valence-electron chi connectivity index (χ2n) is 4.38. The van der Waals surface area contributed by atoms with Crippen LogP contribution in [0.25, 0.3) is 0 Å². The van der Waals surface area contributed by atoms with Crippen molar-refractivity contribution >= 4 is 5.91 Å². The van der Waals surface area contributed by atoms with Gasteiger partial charge in [0.15, 0.2) is 0 Å². The summed E-state index contributed by atoms with van der Waals surface area (Å²) in [6, 6.07) is 4.55. The monoisotopic (exact) mass is 267 g/mol. The summed E-state index contributed by atoms with van der Waals surface area (Å²) in [4.78, 5) is 11.9. The van der Waals surface area contributed by atoms with Crippen molar-refractivity contribution in [2.75, 3.05) is 20.3 Å². The summed E-state index contributed by atoms with van der Waals surface area (Å²) >= 11 is 0. The van der Waals surface area contributed by atoms with E-state index >= 15 is 0 Å². The number of aliphatic hydroxyl groups is 1. The van der Waals surface area contributed by atoms with Crippen molar-refractivity contribution in [1.82, 2.24) is 5.32 Å². The van der Waals surface area contributed by atoms with Crippen LogP contribution in [-0.4, -0.2) is 36.4 Å². The van der Waals surface area contributed by atoms with E-state index in [2.05, 4.69) is 5.32 Å². The number of carbonyl (C=O) groups excluding carboxylic acids is 1. The number of phenolic OH excluding ortho intramolecular Hbond substituents is 1. The molecule has 0 aromatic heterocycles. The topological polar surface area (TPSA) is 78.8 Å². The lowest BCUT2D eigenvalue weighted by atomic mass is 10.0. The molecule has 1 unspecified atom stereocenters. The van der Waals surface area contributed by atoms with Gasteiger partial charge in [-0.2, -0.15) is 0 Å². The van der Waals surface area contributed by atoms with Crippen molar-refractivity contribution < 1.29 is 19.7 Å². The number of aromatic hydroxyl groups is 1. The zero-order chi connectivity index (χ0) is 14.3. The van der Waals surface area contributed by atoms with E-state index in [9.17, 15) is 9.90 Å². The Kier molecular flexibility index (Phi) is 6.15. The quantitative estimate of drug-likeness (QED) is 0.700. The summed E-state index contributed by atoms with van der Waals surface area (Å²) in [5.41, 5.74) is 0.222. The van der Waals surface area contributed by atoms with Crippen LogP contribution < -0.4 is 10.1 Å². The van der Waals surface area contributed by atoms with Crippen LogP contribution in [0, 0.1) is 5.92 Å². The minimum atomic E-state index is -0.323. The highest BCUT2D eigenvalue weighted by Gasteiger charge is 2.13. The lowest BCUT2D eigenvalue weighted by Crippen LogP contribution is -2.29. The Morgan fingerprint density at radius 1 is 1.47 bits per heavy atom. The van der Waals surface area contributed by atoms with Gasteiger partial charge in [0, 0.05) is 19.2 Å². The second kappa shape index (κ2) is 7.63. The third-order valence-corrected chi connectivity index (χ3v) is 3.12. The lowest BCUT2D eigenvalue weighted by Gasteiger charge is -2.14. The normalized spacial score (nSPS) is 11.9. The molecule has 106 valence electrons. The number of nitrogens with one attached hydrogen (secondary N) is 1. The fraction of sp³-hybridized carbons (Fsp3) is 0.500. The van der Waals surface area contributed by atoms with Crippen molar-refractivity contribution in [2.45, 2.75) is 19.8 Å². The molecule has 0 saturated heterocycles. The van der Waals surface area contributed by atoms with Crippen molar-refractivity contribution in [3.8, 4) is 11.5 Å². The number of benzene rings is 1. The van der Waals surface area contributed by atoms with Gasteiger partial charge in [-0.1, -0.05) is 13.3 Å². The third kappa shape index (κ3) is 4.44. The number of methoxy groups -OCH3 is 1. The van der Waals surface area contributed by atoms with E-state index in [0.717, 1.165) is 6.42 Å². The minimum Gasteiger partial charge on any atom is -0.507 e. The number of amides is 1. The molecule has 0 fully saturated rings. The molecule has 0 saturated carbocycles. The molecule has 1 amide bonds. The summed E-state index contributed by atoms with van der Waals surface area (Å²) in [7, 11) is 1.50. The Bertz CT molecular complexity index is 420. The number of phenols is 1. The number of ether oxygens (including phenoxy) is 1. The van der Waals surface area contributed by atoms with Gasteiger partial charge in [0.25, 0.3) is 5.91 Å². The molecule has 19 heavy (non-hydrogen) atoms. The molecular formula is C14H21NO4. The molecule has 5 heteroatoms. The van der Waals surface area contributed by atoms with Gasteiger partial charge < -0.3 is 20.3 Å². The van der Waals surface area contributed by atoms with Crippen LogP contribution in [0.1, 0.15) is 30.1 Å². The van der Waals surface area contributed by atoms with Gasteiger partial charge in [-0.05, 0) is 24.5 Å². The van der Waals surface area contributed by atoms with Crippen LogP contribution in [0.5, 0.6) is 11.5 Å². The minimum absolute atomic E-state index is 0.105. The molecule has 3 N–H and O–H groups in total. The van der Waals surface area contributed by atoms with Gasteiger partial charge >= 0.3 is 0 Å². The Labute approximate surface area is 113 Å². The smallest absolute Gasteiger partial charge is 0.255 e. The highest BCUT2D eigenvalue weighted by atomic mass is 16.5. The Hall–Kier alpha value is -1.75. The van der Waals surface area contributed by atoms with Gasteiger partial charge in [0.05, 0.1) is 12.7 Å². The number of rotatable bonds is 7. The van der Waals surface area contributed by atoms with Gasteiger partial charge in [-0.15, -0.1) is 0 Å². The molecule has 1 aromatic rings. The maximum absolute atomic E-state index is 11.9. The van der Waals surface area contributed by atoms with Crippen LogP contribution in [0.3, 0.4) is 0 Å². The first-order valence-corrected chi connectivity index (χ1v) is 6.38. The van der Waals surface area contributed by atoms with Crippen LogP contribution in [-0.2, 0) is 0 Å². The molecule has 0 aliphatic carbocycles. The fourth-order valence-electron chi connectivity index (χ4n) is 1.80. The molecule has 0 radical (unpaired) electrons. The second-order valence-corrected chi connectivity index (χ2v) is 4.38. The van der Waals surface area contributed by atoms with Gasteiger partial charge in [0.2, 0.25) is 0 Å². The summed E-state index contributed by atoms with van der Waals surface area (Å²) in [5, 5.41) is 21.4. The molecule has 0 bridgehead atoms. The fourth-order valence-corrected chi connectivity index (χ4v) is 1.80. The highest BCUT2D eigenvalue weighted by molar-refractivity contribution is 5.96. The summed E-state index contributed by atoms with van der Waals surface area (Å²) in [5.74, 6) is 0.318. The van der Waals surface area contributed by atoms with Crippen LogP contribution in [0.2, 0.25) is 0 Å². The Balaban J connectivity index is 2.63. The standard InChI is InChI=1S/C14H21NO4/c1-3-10(6-7-16)9-15-14(18)12-5-4-11(19-2)8-13(12)17/h4-5,8,10,16-17H,3,6-7,9H2,1-2H3,(H,15,18). The highest BCUT2D eigenvalue weighted by Crippen LogP contribution is 2.23. The van der Waals surface area contributed by atoms with Crippen molar-refractivity contribution in [3.05, 3.63) is 23.8 Å². The van der Waals surface area contributed by atoms with Gasteiger partial charge in [-0.3, -0.25) is 4.79 Å². The molecular weight excluding hydrogens is 246 g/mol. The predicted octanol–water partition coefficient (Wildman–Crippen LogP) is 1.54. The summed E-state index contributed by atoms with van der Waals surface area (Å²) in [6.45, 7) is 2.61. The predicted molar refractivity (Wildman–Crippen MR) is 72.5 cm³/mol. The van der Waals surface area contributed by atoms with Crippen LogP contribution in [0.4, 0.5) is 0 Å².